The first-order chi connectivity index (χ1) is 7.24. The van der Waals surface area contributed by atoms with Crippen molar-refractivity contribution >= 4 is 19.6 Å². The van der Waals surface area contributed by atoms with Crippen molar-refractivity contribution in [3.8, 4) is 0 Å². The van der Waals surface area contributed by atoms with Crippen LogP contribution in [0.15, 0.2) is 0 Å². The molecule has 0 heterocycles. The molecule has 0 aromatic heterocycles. The number of hydrogen-bond acceptors (Lipinski definition) is 3. The molecule has 0 spiro atoms. The predicted octanol–water partition coefficient (Wildman–Crippen LogP) is 3.23. The summed E-state index contributed by atoms with van der Waals surface area (Å²) in [5.41, 5.74) is 0. The molecule has 0 aliphatic carbocycles. The fraction of sp³-hybridized carbons (Fsp3) is 1.00. The van der Waals surface area contributed by atoms with Crippen molar-refractivity contribution in [3.05, 3.63) is 0 Å². The summed E-state index contributed by atoms with van der Waals surface area (Å²) < 4.78 is 18.6. The summed E-state index contributed by atoms with van der Waals surface area (Å²) in [4.78, 5) is 0. The van der Waals surface area contributed by atoms with Gasteiger partial charge in [0.15, 0.2) is 0 Å². The topological polar surface area (TPSA) is 27.7 Å². The van der Waals surface area contributed by atoms with Gasteiger partial charge in [0.2, 0.25) is 0 Å². The van der Waals surface area contributed by atoms with E-state index in [1.807, 2.05) is 0 Å². The fourth-order valence-corrected chi connectivity index (χ4v) is 8.08. The summed E-state index contributed by atoms with van der Waals surface area (Å²) in [6, 6.07) is 0. The van der Waals surface area contributed by atoms with Gasteiger partial charge in [-0.1, -0.05) is 0 Å². The first-order valence-corrected chi connectivity index (χ1v) is 11.7. The monoisotopic (exact) mass is 326 g/mol. The van der Waals surface area contributed by atoms with E-state index < -0.39 is 19.6 Å². The van der Waals surface area contributed by atoms with E-state index in [0.717, 1.165) is 43.5 Å². The van der Waals surface area contributed by atoms with Crippen molar-refractivity contribution in [2.75, 3.05) is 19.8 Å². The molecule has 15 heavy (non-hydrogen) atoms. The molecule has 0 bridgehead atoms. The third kappa shape index (κ3) is 6.76. The van der Waals surface area contributed by atoms with Crippen LogP contribution in [-0.2, 0) is 9.22 Å². The summed E-state index contributed by atoms with van der Waals surface area (Å²) >= 11 is -3.12. The Morgan fingerprint density at radius 2 is 1.00 bits per heavy atom. The van der Waals surface area contributed by atoms with Crippen LogP contribution in [0.25, 0.3) is 0 Å². The average molecular weight is 325 g/mol. The van der Waals surface area contributed by atoms with Gasteiger partial charge < -0.3 is 0 Å². The van der Waals surface area contributed by atoms with Gasteiger partial charge in [0.05, 0.1) is 0 Å². The van der Waals surface area contributed by atoms with E-state index in [0.29, 0.717) is 0 Å². The third-order valence-electron chi connectivity index (χ3n) is 2.01. The number of hydrogen-bond donors (Lipinski definition) is 0. The molecule has 0 aromatic rings. The van der Waals surface area contributed by atoms with Crippen LogP contribution in [0.2, 0.25) is 4.44 Å². The van der Waals surface area contributed by atoms with Crippen molar-refractivity contribution in [1.82, 2.24) is 0 Å². The van der Waals surface area contributed by atoms with Crippen LogP contribution < -0.4 is 0 Å². The zero-order valence-corrected chi connectivity index (χ0v) is 13.5. The van der Waals surface area contributed by atoms with Gasteiger partial charge in [-0.2, -0.15) is 0 Å². The standard InChI is InChI=1S/3C3H7O.C2H5.Sn/c3*1-2-3-4;1-2;/h3*2-3H2,1H3;1H2,2H3;/q3*-1;;+3. The van der Waals surface area contributed by atoms with Crippen LogP contribution in [0.5, 0.6) is 0 Å². The Bertz CT molecular complexity index is 120. The Hall–Kier alpha value is 0.679. The number of rotatable bonds is 10. The average Bonchev–Trinajstić information content (AvgIpc) is 2.29. The van der Waals surface area contributed by atoms with E-state index >= 15 is 0 Å². The molecule has 92 valence electrons. The van der Waals surface area contributed by atoms with Gasteiger partial charge in [0.25, 0.3) is 0 Å². The van der Waals surface area contributed by atoms with E-state index in [1.165, 1.54) is 0 Å². The molecule has 4 heteroatoms. The zero-order chi connectivity index (χ0) is 11.6. The summed E-state index contributed by atoms with van der Waals surface area (Å²) in [5, 5.41) is 0. The minimum absolute atomic E-state index is 0.775. The van der Waals surface area contributed by atoms with E-state index in [4.69, 9.17) is 9.22 Å². The van der Waals surface area contributed by atoms with E-state index in [2.05, 4.69) is 27.7 Å². The second-order valence-corrected chi connectivity index (χ2v) is 12.0. The molecule has 3 nitrogen and oxygen atoms in total. The van der Waals surface area contributed by atoms with Gasteiger partial charge >= 0.3 is 100 Å². The molecule has 0 saturated heterocycles. The van der Waals surface area contributed by atoms with Gasteiger partial charge in [-0.3, -0.25) is 0 Å². The molecule has 0 atom stereocenters. The Labute approximate surface area is 100.0 Å². The molecule has 0 saturated carbocycles. The third-order valence-corrected chi connectivity index (χ3v) is 10.00. The molecule has 0 N–H and O–H groups in total. The van der Waals surface area contributed by atoms with Gasteiger partial charge in [0.1, 0.15) is 0 Å². The van der Waals surface area contributed by atoms with E-state index in [1.54, 1.807) is 0 Å². The molecular formula is C11H26O3Sn. The van der Waals surface area contributed by atoms with Crippen LogP contribution in [0.3, 0.4) is 0 Å². The molecule has 0 rings (SSSR count). The van der Waals surface area contributed by atoms with E-state index in [9.17, 15) is 0 Å². The van der Waals surface area contributed by atoms with Crippen molar-refractivity contribution in [2.24, 2.45) is 0 Å². The second kappa shape index (κ2) is 9.87. The first-order valence-electron chi connectivity index (χ1n) is 6.16. The Morgan fingerprint density at radius 3 is 1.20 bits per heavy atom. The van der Waals surface area contributed by atoms with Crippen molar-refractivity contribution in [3.63, 3.8) is 0 Å². The molecule has 0 amide bonds. The molecule has 0 aliphatic heterocycles. The van der Waals surface area contributed by atoms with Crippen molar-refractivity contribution in [1.29, 1.82) is 0 Å². The first kappa shape index (κ1) is 15.7. The normalized spacial score (nSPS) is 12.0. The maximum atomic E-state index is 5.90. The molecular weight excluding hydrogens is 299 g/mol. The molecule has 0 aromatic carbocycles. The quantitative estimate of drug-likeness (QED) is 0.577. The predicted molar refractivity (Wildman–Crippen MR) is 65.0 cm³/mol. The summed E-state index contributed by atoms with van der Waals surface area (Å²) in [6.45, 7) is 10.8. The van der Waals surface area contributed by atoms with Gasteiger partial charge in [-0.25, -0.2) is 0 Å². The fourth-order valence-electron chi connectivity index (χ4n) is 1.20. The van der Waals surface area contributed by atoms with Crippen LogP contribution in [0.1, 0.15) is 47.0 Å². The maximum absolute atomic E-state index is 5.90. The van der Waals surface area contributed by atoms with Crippen molar-refractivity contribution < 1.29 is 9.22 Å². The Morgan fingerprint density at radius 1 is 0.667 bits per heavy atom. The minimum atomic E-state index is -3.12. The SMILES string of the molecule is CCC[O][Sn]([CH2]C)([O]CCC)[O]CCC. The van der Waals surface area contributed by atoms with Gasteiger partial charge in [-0.15, -0.1) is 0 Å². The van der Waals surface area contributed by atoms with Crippen LogP contribution in [0, 0.1) is 0 Å². The Kier molecular flexibility index (Phi) is 10.3. The molecule has 0 radical (unpaired) electrons. The summed E-state index contributed by atoms with van der Waals surface area (Å²) in [6.07, 6.45) is 3.09. The van der Waals surface area contributed by atoms with Crippen molar-refractivity contribution in [2.45, 2.75) is 51.4 Å². The van der Waals surface area contributed by atoms with Gasteiger partial charge in [0, 0.05) is 0 Å². The Balaban J connectivity index is 4.16. The van der Waals surface area contributed by atoms with E-state index in [-0.39, 0.29) is 0 Å². The summed E-state index contributed by atoms with van der Waals surface area (Å²) in [5.74, 6) is 0. The molecule has 0 aliphatic rings. The molecule has 0 unspecified atom stereocenters. The van der Waals surface area contributed by atoms with Gasteiger partial charge in [-0.05, 0) is 0 Å². The summed E-state index contributed by atoms with van der Waals surface area (Å²) in [7, 11) is 0. The van der Waals surface area contributed by atoms with Crippen LogP contribution in [0.4, 0.5) is 0 Å². The van der Waals surface area contributed by atoms with Crippen LogP contribution >= 0.6 is 0 Å². The zero-order valence-electron chi connectivity index (χ0n) is 10.7. The second-order valence-electron chi connectivity index (χ2n) is 3.58. The van der Waals surface area contributed by atoms with Crippen LogP contribution in [-0.4, -0.2) is 39.4 Å². The molecule has 0 fully saturated rings.